The highest BCUT2D eigenvalue weighted by Crippen LogP contribution is 2.46. The molecule has 21 heavy (non-hydrogen) atoms. The highest BCUT2D eigenvalue weighted by atomic mass is 16.6. The van der Waals surface area contributed by atoms with Gasteiger partial charge < -0.3 is 20.1 Å². The van der Waals surface area contributed by atoms with Gasteiger partial charge in [0.25, 0.3) is 0 Å². The molecule has 1 spiro atoms. The second-order valence-electron chi connectivity index (χ2n) is 7.34. The Balaban J connectivity index is 2.14. The summed E-state index contributed by atoms with van der Waals surface area (Å²) in [6.07, 6.45) is 0.390. The van der Waals surface area contributed by atoms with E-state index >= 15 is 0 Å². The zero-order chi connectivity index (χ0) is 15.8. The number of hydrogen-bond donors (Lipinski definition) is 2. The third-order valence-corrected chi connectivity index (χ3v) is 4.76. The number of hydrogen-bond acceptors (Lipinski definition) is 4. The van der Waals surface area contributed by atoms with Crippen molar-refractivity contribution < 1.29 is 19.4 Å². The number of carbonyl (C=O) groups is 2. The number of nitrogens with one attached hydrogen (secondary N) is 1. The molecule has 6 nitrogen and oxygen atoms in total. The summed E-state index contributed by atoms with van der Waals surface area (Å²) in [5.74, 6) is -1.01. The molecule has 3 atom stereocenters. The van der Waals surface area contributed by atoms with Crippen LogP contribution in [0.3, 0.4) is 0 Å². The Kier molecular flexibility index (Phi) is 4.19. The summed E-state index contributed by atoms with van der Waals surface area (Å²) in [6.45, 7) is 9.90. The summed E-state index contributed by atoms with van der Waals surface area (Å²) in [7, 11) is 0. The minimum absolute atomic E-state index is 0.222. The number of ether oxygens (including phenoxy) is 1. The maximum absolute atomic E-state index is 12.2. The zero-order valence-electron chi connectivity index (χ0n) is 13.3. The van der Waals surface area contributed by atoms with Crippen molar-refractivity contribution in [2.75, 3.05) is 26.2 Å². The van der Waals surface area contributed by atoms with E-state index < -0.39 is 17.5 Å². The molecule has 0 bridgehead atoms. The second-order valence-corrected chi connectivity index (χ2v) is 7.34. The number of nitrogens with zero attached hydrogens (tertiary/aromatic N) is 1. The predicted octanol–water partition coefficient (Wildman–Crippen LogP) is 1.55. The summed E-state index contributed by atoms with van der Waals surface area (Å²) in [5, 5.41) is 12.7. The first-order valence-electron chi connectivity index (χ1n) is 7.57. The minimum atomic E-state index is -0.778. The molecule has 1 amide bonds. The lowest BCUT2D eigenvalue weighted by atomic mass is 9.64. The van der Waals surface area contributed by atoms with E-state index in [1.54, 1.807) is 4.90 Å². The van der Waals surface area contributed by atoms with Gasteiger partial charge in [-0.05, 0) is 39.7 Å². The number of likely N-dealkylation sites (tertiary alicyclic amines) is 1. The van der Waals surface area contributed by atoms with E-state index in [1.165, 1.54) is 0 Å². The van der Waals surface area contributed by atoms with Crippen molar-refractivity contribution in [3.63, 3.8) is 0 Å². The average Bonchev–Trinajstić information content (AvgIpc) is 2.76. The van der Waals surface area contributed by atoms with Gasteiger partial charge in [0.15, 0.2) is 0 Å². The number of carbonyl (C=O) groups excluding carboxylic acids is 1. The Labute approximate surface area is 125 Å². The summed E-state index contributed by atoms with van der Waals surface area (Å²) in [6, 6.07) is 0. The molecular formula is C15H26N2O4. The van der Waals surface area contributed by atoms with Crippen LogP contribution in [0.15, 0.2) is 0 Å². The molecule has 2 heterocycles. The van der Waals surface area contributed by atoms with Gasteiger partial charge in [0, 0.05) is 25.0 Å². The highest BCUT2D eigenvalue weighted by molar-refractivity contribution is 5.73. The predicted molar refractivity (Wildman–Crippen MR) is 78.0 cm³/mol. The minimum Gasteiger partial charge on any atom is -0.481 e. The van der Waals surface area contributed by atoms with Crippen LogP contribution in [0.25, 0.3) is 0 Å². The monoisotopic (exact) mass is 298 g/mol. The van der Waals surface area contributed by atoms with Crippen molar-refractivity contribution in [1.82, 2.24) is 10.2 Å². The zero-order valence-corrected chi connectivity index (χ0v) is 13.3. The first-order valence-corrected chi connectivity index (χ1v) is 7.57. The van der Waals surface area contributed by atoms with Crippen LogP contribution in [-0.2, 0) is 9.53 Å². The van der Waals surface area contributed by atoms with Crippen LogP contribution in [0.1, 0.15) is 34.1 Å². The summed E-state index contributed by atoms with van der Waals surface area (Å²) in [4.78, 5) is 25.5. The first kappa shape index (κ1) is 16.1. The fraction of sp³-hybridized carbons (Fsp3) is 0.867. The van der Waals surface area contributed by atoms with Gasteiger partial charge in [0.2, 0.25) is 0 Å². The number of piperidine rings is 1. The summed E-state index contributed by atoms with van der Waals surface area (Å²) < 4.78 is 5.41. The van der Waals surface area contributed by atoms with Crippen LogP contribution >= 0.6 is 0 Å². The molecule has 2 fully saturated rings. The molecule has 0 aromatic heterocycles. The standard InChI is InChI=1S/C15H26N2O4/c1-10-7-16-8-11(12(18)19)15(10)5-6-17(9-15)13(20)21-14(2,3)4/h10-11,16H,5-9H2,1-4H3,(H,18,19). The molecule has 2 aliphatic rings. The summed E-state index contributed by atoms with van der Waals surface area (Å²) in [5.41, 5.74) is -0.868. The van der Waals surface area contributed by atoms with Gasteiger partial charge in [0.1, 0.15) is 5.60 Å². The smallest absolute Gasteiger partial charge is 0.410 e. The number of aliphatic carboxylic acids is 1. The van der Waals surface area contributed by atoms with E-state index in [2.05, 4.69) is 12.2 Å². The van der Waals surface area contributed by atoms with Crippen molar-refractivity contribution in [1.29, 1.82) is 0 Å². The molecule has 0 aromatic rings. The SMILES string of the molecule is CC1CNCC(C(=O)O)C12CCN(C(=O)OC(C)(C)C)C2. The van der Waals surface area contributed by atoms with E-state index in [0.717, 1.165) is 13.0 Å². The van der Waals surface area contributed by atoms with Gasteiger partial charge in [-0.25, -0.2) is 4.79 Å². The van der Waals surface area contributed by atoms with E-state index in [1.807, 2.05) is 20.8 Å². The molecule has 0 saturated carbocycles. The van der Waals surface area contributed by atoms with Crippen molar-refractivity contribution in [3.05, 3.63) is 0 Å². The number of carboxylic acid groups (broad SMARTS) is 1. The van der Waals surface area contributed by atoms with Crippen LogP contribution < -0.4 is 5.32 Å². The third kappa shape index (κ3) is 3.15. The van der Waals surface area contributed by atoms with Gasteiger partial charge in [-0.15, -0.1) is 0 Å². The Bertz CT molecular complexity index is 432. The van der Waals surface area contributed by atoms with Gasteiger partial charge in [-0.2, -0.15) is 0 Å². The van der Waals surface area contributed by atoms with Crippen LogP contribution in [0.4, 0.5) is 4.79 Å². The molecule has 2 N–H and O–H groups in total. The van der Waals surface area contributed by atoms with Crippen LogP contribution in [0.5, 0.6) is 0 Å². The average molecular weight is 298 g/mol. The van der Waals surface area contributed by atoms with Gasteiger partial charge >= 0.3 is 12.1 Å². The lowest BCUT2D eigenvalue weighted by Crippen LogP contribution is -2.55. The van der Waals surface area contributed by atoms with Gasteiger partial charge in [0.05, 0.1) is 5.92 Å². The topological polar surface area (TPSA) is 78.9 Å². The third-order valence-electron chi connectivity index (χ3n) is 4.76. The summed E-state index contributed by atoms with van der Waals surface area (Å²) >= 11 is 0. The molecule has 0 radical (unpaired) electrons. The molecule has 2 saturated heterocycles. The van der Waals surface area contributed by atoms with Crippen molar-refractivity contribution in [2.45, 2.75) is 39.7 Å². The Hall–Kier alpha value is -1.30. The Morgan fingerprint density at radius 2 is 2.00 bits per heavy atom. The van der Waals surface area contributed by atoms with Crippen molar-refractivity contribution in [3.8, 4) is 0 Å². The maximum Gasteiger partial charge on any atom is 0.410 e. The maximum atomic E-state index is 12.2. The Morgan fingerprint density at radius 1 is 1.33 bits per heavy atom. The molecule has 120 valence electrons. The van der Waals surface area contributed by atoms with Crippen LogP contribution in [0, 0.1) is 17.3 Å². The molecule has 0 aliphatic carbocycles. The Morgan fingerprint density at radius 3 is 2.57 bits per heavy atom. The molecule has 3 unspecified atom stereocenters. The molecular weight excluding hydrogens is 272 g/mol. The second kappa shape index (κ2) is 5.48. The fourth-order valence-corrected chi connectivity index (χ4v) is 3.55. The van der Waals surface area contributed by atoms with E-state index in [-0.39, 0.29) is 17.4 Å². The first-order chi connectivity index (χ1) is 9.66. The fourth-order valence-electron chi connectivity index (χ4n) is 3.55. The molecule has 2 rings (SSSR count). The molecule has 0 aromatic carbocycles. The molecule has 2 aliphatic heterocycles. The number of rotatable bonds is 1. The van der Waals surface area contributed by atoms with Gasteiger partial charge in [-0.3, -0.25) is 4.79 Å². The van der Waals surface area contributed by atoms with E-state index in [9.17, 15) is 14.7 Å². The van der Waals surface area contributed by atoms with Crippen LogP contribution in [-0.4, -0.2) is 53.8 Å². The van der Waals surface area contributed by atoms with E-state index in [4.69, 9.17) is 4.74 Å². The molecule has 6 heteroatoms. The van der Waals surface area contributed by atoms with E-state index in [0.29, 0.717) is 19.6 Å². The van der Waals surface area contributed by atoms with Crippen molar-refractivity contribution in [2.24, 2.45) is 17.3 Å². The van der Waals surface area contributed by atoms with Gasteiger partial charge in [-0.1, -0.05) is 6.92 Å². The quantitative estimate of drug-likeness (QED) is 0.768. The van der Waals surface area contributed by atoms with Crippen LogP contribution in [0.2, 0.25) is 0 Å². The lowest BCUT2D eigenvalue weighted by Gasteiger charge is -2.44. The largest absolute Gasteiger partial charge is 0.481 e. The normalized spacial score (nSPS) is 33.2. The highest BCUT2D eigenvalue weighted by Gasteiger charge is 2.54. The number of amides is 1. The lowest BCUT2D eigenvalue weighted by molar-refractivity contribution is -0.149. The van der Waals surface area contributed by atoms with Crippen molar-refractivity contribution >= 4 is 12.1 Å². The number of carboxylic acids is 1.